The maximum absolute atomic E-state index is 12.7. The molecular formula is C20H23N3O3. The van der Waals surface area contributed by atoms with Gasteiger partial charge in [-0.25, -0.2) is 9.48 Å². The molecule has 6 nitrogen and oxygen atoms in total. The summed E-state index contributed by atoms with van der Waals surface area (Å²) in [4.78, 5) is 26.0. The second-order valence-electron chi connectivity index (χ2n) is 7.31. The highest BCUT2D eigenvalue weighted by atomic mass is 16.4. The fraction of sp³-hybridized carbons (Fsp3) is 0.450. The average molecular weight is 353 g/mol. The number of carboxylic acid groups (broad SMARTS) is 1. The van der Waals surface area contributed by atoms with E-state index in [2.05, 4.69) is 5.10 Å². The summed E-state index contributed by atoms with van der Waals surface area (Å²) in [6.07, 6.45) is 7.65. The van der Waals surface area contributed by atoms with Crippen molar-refractivity contribution in [3.8, 4) is 5.69 Å². The largest absolute Gasteiger partial charge is 0.480 e. The van der Waals surface area contributed by atoms with Crippen LogP contribution in [0.4, 0.5) is 0 Å². The van der Waals surface area contributed by atoms with Gasteiger partial charge in [0.25, 0.3) is 0 Å². The molecule has 2 aliphatic rings. The molecule has 2 heterocycles. The van der Waals surface area contributed by atoms with E-state index in [0.717, 1.165) is 30.5 Å². The molecule has 1 amide bonds. The van der Waals surface area contributed by atoms with Gasteiger partial charge in [0.15, 0.2) is 0 Å². The summed E-state index contributed by atoms with van der Waals surface area (Å²) in [6.45, 7) is 0.601. The number of benzene rings is 1. The van der Waals surface area contributed by atoms with E-state index in [-0.39, 0.29) is 11.8 Å². The van der Waals surface area contributed by atoms with E-state index in [0.29, 0.717) is 25.3 Å². The van der Waals surface area contributed by atoms with Crippen molar-refractivity contribution < 1.29 is 14.7 Å². The van der Waals surface area contributed by atoms with Crippen molar-refractivity contribution in [2.24, 2.45) is 11.8 Å². The third-order valence-corrected chi connectivity index (χ3v) is 5.75. The molecule has 26 heavy (non-hydrogen) atoms. The summed E-state index contributed by atoms with van der Waals surface area (Å²) < 4.78 is 1.79. The number of aliphatic carboxylic acids is 1. The Morgan fingerprint density at radius 3 is 2.77 bits per heavy atom. The zero-order valence-electron chi connectivity index (χ0n) is 14.6. The van der Waals surface area contributed by atoms with Crippen LogP contribution in [0.25, 0.3) is 5.69 Å². The molecule has 136 valence electrons. The highest BCUT2D eigenvalue weighted by Crippen LogP contribution is 2.42. The predicted octanol–water partition coefficient (Wildman–Crippen LogP) is 2.52. The molecule has 2 aromatic rings. The number of likely N-dealkylation sites (tertiary alicyclic amines) is 1. The summed E-state index contributed by atoms with van der Waals surface area (Å²) >= 11 is 0. The Hall–Kier alpha value is -2.63. The van der Waals surface area contributed by atoms with Gasteiger partial charge in [-0.3, -0.25) is 4.79 Å². The van der Waals surface area contributed by atoms with Crippen LogP contribution in [0.2, 0.25) is 0 Å². The minimum Gasteiger partial charge on any atom is -0.480 e. The first kappa shape index (κ1) is 16.8. The number of carboxylic acids is 1. The fourth-order valence-corrected chi connectivity index (χ4v) is 4.48. The van der Waals surface area contributed by atoms with Crippen molar-refractivity contribution in [2.75, 3.05) is 6.54 Å². The number of para-hydroxylation sites is 1. The van der Waals surface area contributed by atoms with Crippen LogP contribution in [0.3, 0.4) is 0 Å². The van der Waals surface area contributed by atoms with Gasteiger partial charge in [-0.15, -0.1) is 0 Å². The lowest BCUT2D eigenvalue weighted by molar-refractivity contribution is -0.149. The Kier molecular flexibility index (Phi) is 4.49. The Balaban J connectivity index is 1.40. The van der Waals surface area contributed by atoms with Crippen molar-refractivity contribution in [1.29, 1.82) is 0 Å². The predicted molar refractivity (Wildman–Crippen MR) is 95.9 cm³/mol. The lowest BCUT2D eigenvalue weighted by Crippen LogP contribution is -2.43. The van der Waals surface area contributed by atoms with Gasteiger partial charge < -0.3 is 10.0 Å². The van der Waals surface area contributed by atoms with E-state index in [1.165, 1.54) is 0 Å². The van der Waals surface area contributed by atoms with Crippen molar-refractivity contribution in [3.63, 3.8) is 0 Å². The van der Waals surface area contributed by atoms with E-state index in [1.54, 1.807) is 15.8 Å². The van der Waals surface area contributed by atoms with Gasteiger partial charge in [-0.1, -0.05) is 24.6 Å². The molecule has 2 fully saturated rings. The van der Waals surface area contributed by atoms with Crippen LogP contribution >= 0.6 is 0 Å². The molecule has 6 heteroatoms. The van der Waals surface area contributed by atoms with Crippen LogP contribution < -0.4 is 0 Å². The topological polar surface area (TPSA) is 75.4 Å². The van der Waals surface area contributed by atoms with Gasteiger partial charge in [0.05, 0.1) is 11.9 Å². The number of hydrogen-bond acceptors (Lipinski definition) is 3. The maximum Gasteiger partial charge on any atom is 0.326 e. The Bertz CT molecular complexity index is 802. The molecule has 1 aromatic carbocycles. The molecule has 1 aromatic heterocycles. The highest BCUT2D eigenvalue weighted by molar-refractivity contribution is 5.85. The zero-order valence-corrected chi connectivity index (χ0v) is 14.6. The number of rotatable bonds is 5. The lowest BCUT2D eigenvalue weighted by atomic mass is 9.94. The first-order valence-electron chi connectivity index (χ1n) is 9.25. The Labute approximate surface area is 152 Å². The number of nitrogens with zero attached hydrogens (tertiary/aromatic N) is 3. The van der Waals surface area contributed by atoms with Crippen LogP contribution in [0.15, 0.2) is 42.7 Å². The molecule has 0 radical (unpaired) electrons. The van der Waals surface area contributed by atoms with Gasteiger partial charge in [-0.05, 0) is 48.8 Å². The van der Waals surface area contributed by atoms with Crippen LogP contribution in [-0.2, 0) is 16.0 Å². The number of hydrogen-bond donors (Lipinski definition) is 1. The van der Waals surface area contributed by atoms with Crippen LogP contribution in [0.1, 0.15) is 31.2 Å². The third-order valence-electron chi connectivity index (χ3n) is 5.75. The summed E-state index contributed by atoms with van der Waals surface area (Å²) in [5.41, 5.74) is 1.96. The number of fused-ring (bicyclic) bond motifs is 1. The first-order valence-corrected chi connectivity index (χ1v) is 9.25. The quantitative estimate of drug-likeness (QED) is 0.896. The van der Waals surface area contributed by atoms with E-state index in [9.17, 15) is 14.7 Å². The Morgan fingerprint density at radius 2 is 2.00 bits per heavy atom. The molecule has 1 saturated heterocycles. The number of carbonyl (C=O) groups is 2. The normalized spacial score (nSPS) is 24.6. The summed E-state index contributed by atoms with van der Waals surface area (Å²) in [5, 5.41) is 13.9. The molecule has 4 rings (SSSR count). The molecule has 1 aliphatic heterocycles. The van der Waals surface area contributed by atoms with Crippen molar-refractivity contribution in [2.45, 2.75) is 38.1 Å². The van der Waals surface area contributed by atoms with Crippen molar-refractivity contribution in [3.05, 3.63) is 48.3 Å². The minimum atomic E-state index is -0.857. The van der Waals surface area contributed by atoms with Crippen LogP contribution in [-0.4, -0.2) is 44.3 Å². The third kappa shape index (κ3) is 3.11. The van der Waals surface area contributed by atoms with Gasteiger partial charge in [0.1, 0.15) is 6.04 Å². The Morgan fingerprint density at radius 1 is 1.19 bits per heavy atom. The average Bonchev–Trinajstić information content (AvgIpc) is 3.35. The van der Waals surface area contributed by atoms with Crippen molar-refractivity contribution in [1.82, 2.24) is 14.7 Å². The first-order chi connectivity index (χ1) is 12.6. The molecule has 0 spiro atoms. The number of aryl methyl sites for hydroxylation is 1. The number of carbonyl (C=O) groups excluding carboxylic acids is 1. The monoisotopic (exact) mass is 353 g/mol. The molecule has 1 N–H and O–H groups in total. The van der Waals surface area contributed by atoms with Gasteiger partial charge in [-0.2, -0.15) is 5.10 Å². The van der Waals surface area contributed by atoms with E-state index < -0.39 is 12.0 Å². The molecule has 3 atom stereocenters. The molecular weight excluding hydrogens is 330 g/mol. The van der Waals surface area contributed by atoms with Gasteiger partial charge >= 0.3 is 5.97 Å². The SMILES string of the molecule is O=C(O)C1C2CCCC2CN1C(=O)CCc1cnn(-c2ccccc2)c1. The summed E-state index contributed by atoms with van der Waals surface area (Å²) in [5.74, 6) is -0.415. The summed E-state index contributed by atoms with van der Waals surface area (Å²) in [6, 6.07) is 9.18. The molecule has 0 bridgehead atoms. The van der Waals surface area contributed by atoms with Gasteiger partial charge in [0.2, 0.25) is 5.91 Å². The summed E-state index contributed by atoms with van der Waals surface area (Å²) in [7, 11) is 0. The van der Waals surface area contributed by atoms with E-state index in [4.69, 9.17) is 0 Å². The maximum atomic E-state index is 12.7. The van der Waals surface area contributed by atoms with Crippen molar-refractivity contribution >= 4 is 11.9 Å². The highest BCUT2D eigenvalue weighted by Gasteiger charge is 2.49. The van der Waals surface area contributed by atoms with E-state index in [1.807, 2.05) is 36.5 Å². The smallest absolute Gasteiger partial charge is 0.326 e. The van der Waals surface area contributed by atoms with Crippen LogP contribution in [0, 0.1) is 11.8 Å². The molecule has 3 unspecified atom stereocenters. The standard InChI is InChI=1S/C20H23N3O3/c24-18(22-13-15-5-4-8-17(15)19(22)20(25)26)10-9-14-11-21-23(12-14)16-6-2-1-3-7-16/h1-3,6-7,11-12,15,17,19H,4-5,8-10,13H2,(H,25,26). The number of amides is 1. The number of aromatic nitrogens is 2. The molecule has 1 aliphatic carbocycles. The van der Waals surface area contributed by atoms with Gasteiger partial charge in [0, 0.05) is 19.2 Å². The van der Waals surface area contributed by atoms with E-state index >= 15 is 0 Å². The lowest BCUT2D eigenvalue weighted by Gasteiger charge is -2.24. The fourth-order valence-electron chi connectivity index (χ4n) is 4.48. The second kappa shape index (κ2) is 6.94. The second-order valence-corrected chi connectivity index (χ2v) is 7.31. The zero-order chi connectivity index (χ0) is 18.1. The minimum absolute atomic E-state index is 0.0562. The van der Waals surface area contributed by atoms with Crippen LogP contribution in [0.5, 0.6) is 0 Å². The molecule has 1 saturated carbocycles.